The lowest BCUT2D eigenvalue weighted by Crippen LogP contribution is -2.43. The molecule has 2 unspecified atom stereocenters. The molecule has 3 aromatic heterocycles. The predicted molar refractivity (Wildman–Crippen MR) is 141 cm³/mol. The Morgan fingerprint density at radius 1 is 1.22 bits per heavy atom. The fourth-order valence-electron chi connectivity index (χ4n) is 4.46. The van der Waals surface area contributed by atoms with Gasteiger partial charge in [0.25, 0.3) is 0 Å². The predicted octanol–water partition coefficient (Wildman–Crippen LogP) is 5.50. The zero-order valence-corrected chi connectivity index (χ0v) is 21.9. The van der Waals surface area contributed by atoms with Gasteiger partial charge in [0, 0.05) is 42.5 Å². The molecular formula is C25H27ClFN7OS. The van der Waals surface area contributed by atoms with Crippen LogP contribution in [0.4, 0.5) is 15.5 Å². The summed E-state index contributed by atoms with van der Waals surface area (Å²) in [7, 11) is 1.98. The van der Waals surface area contributed by atoms with Crippen molar-refractivity contribution in [2.75, 3.05) is 36.5 Å². The van der Waals surface area contributed by atoms with Crippen LogP contribution in [0.2, 0.25) is 5.02 Å². The van der Waals surface area contributed by atoms with Crippen LogP contribution in [-0.4, -0.2) is 57.5 Å². The first-order valence-electron chi connectivity index (χ1n) is 12.2. The van der Waals surface area contributed by atoms with E-state index in [9.17, 15) is 0 Å². The number of hydrogen-bond donors (Lipinski definition) is 0. The van der Waals surface area contributed by atoms with Crippen molar-refractivity contribution >= 4 is 44.4 Å². The molecule has 2 fully saturated rings. The molecule has 2 atom stereocenters. The van der Waals surface area contributed by atoms with E-state index in [1.807, 2.05) is 29.7 Å². The topological polar surface area (TPSA) is 72.2 Å². The zero-order valence-electron chi connectivity index (χ0n) is 20.4. The molecule has 1 aliphatic heterocycles. The highest BCUT2D eigenvalue weighted by molar-refractivity contribution is 7.22. The molecule has 11 heteroatoms. The van der Waals surface area contributed by atoms with Gasteiger partial charge in [-0.05, 0) is 44.9 Å². The first-order chi connectivity index (χ1) is 17.4. The third-order valence-electron chi connectivity index (χ3n) is 6.68. The number of fused-ring (bicyclic) bond motifs is 1. The summed E-state index contributed by atoms with van der Waals surface area (Å²) in [5, 5.41) is 5.69. The van der Waals surface area contributed by atoms with Gasteiger partial charge in [0.2, 0.25) is 5.95 Å². The number of ether oxygens (including phenoxy) is 1. The van der Waals surface area contributed by atoms with E-state index in [0.717, 1.165) is 21.9 Å². The molecule has 1 aliphatic carbocycles. The number of aromatic nitrogens is 5. The molecule has 36 heavy (non-hydrogen) atoms. The van der Waals surface area contributed by atoms with E-state index in [2.05, 4.69) is 23.1 Å². The first-order valence-corrected chi connectivity index (χ1v) is 13.4. The molecule has 1 saturated heterocycles. The molecule has 0 N–H and O–H groups in total. The van der Waals surface area contributed by atoms with Gasteiger partial charge < -0.3 is 14.5 Å². The highest BCUT2D eigenvalue weighted by atomic mass is 35.5. The second-order valence-corrected chi connectivity index (χ2v) is 10.9. The summed E-state index contributed by atoms with van der Waals surface area (Å²) in [5.74, 6) is 0.0885. The number of hydrogen-bond acceptors (Lipinski definition) is 8. The molecule has 1 saturated carbocycles. The van der Waals surface area contributed by atoms with E-state index in [1.54, 1.807) is 12.1 Å². The summed E-state index contributed by atoms with van der Waals surface area (Å²) in [5.41, 5.74) is 2.51. The van der Waals surface area contributed by atoms with Crippen molar-refractivity contribution in [3.8, 4) is 11.3 Å². The second kappa shape index (κ2) is 9.24. The highest BCUT2D eigenvalue weighted by Gasteiger charge is 2.32. The fraction of sp³-hybridized carbons (Fsp3) is 0.440. The largest absolute Gasteiger partial charge is 0.367 e. The zero-order chi connectivity index (χ0) is 25.0. The maximum Gasteiger partial charge on any atom is 0.228 e. The van der Waals surface area contributed by atoms with Crippen molar-refractivity contribution < 1.29 is 9.13 Å². The van der Waals surface area contributed by atoms with Gasteiger partial charge in [0.1, 0.15) is 16.6 Å². The number of thiazole rings is 1. The maximum absolute atomic E-state index is 15.1. The standard InChI is InChI=1S/C25H27ClFN7OS/c1-4-32(3)25-31-23-22(36-25)21(18-8-5-16(26)9-19(18)27)29-24(30-23)33-11-14(2)35-20(13-33)15-10-28-34(12-15)17-6-7-17/h5,8-10,12,14,17,20H,4,6-7,11,13H2,1-3H3. The maximum atomic E-state index is 15.1. The Labute approximate surface area is 217 Å². The highest BCUT2D eigenvalue weighted by Crippen LogP contribution is 2.39. The van der Waals surface area contributed by atoms with Gasteiger partial charge in [-0.25, -0.2) is 9.37 Å². The monoisotopic (exact) mass is 527 g/mol. The number of benzene rings is 1. The molecule has 0 spiro atoms. The summed E-state index contributed by atoms with van der Waals surface area (Å²) in [6.45, 7) is 6.08. The second-order valence-electron chi connectivity index (χ2n) is 9.48. The van der Waals surface area contributed by atoms with E-state index < -0.39 is 5.82 Å². The van der Waals surface area contributed by atoms with Crippen LogP contribution >= 0.6 is 22.9 Å². The Morgan fingerprint density at radius 2 is 2.06 bits per heavy atom. The van der Waals surface area contributed by atoms with E-state index >= 15 is 4.39 Å². The number of nitrogens with zero attached hydrogens (tertiary/aromatic N) is 7. The van der Waals surface area contributed by atoms with Gasteiger partial charge in [0.15, 0.2) is 10.8 Å². The van der Waals surface area contributed by atoms with Crippen molar-refractivity contribution in [1.29, 1.82) is 0 Å². The minimum atomic E-state index is -0.423. The lowest BCUT2D eigenvalue weighted by Gasteiger charge is -2.36. The summed E-state index contributed by atoms with van der Waals surface area (Å²) >= 11 is 7.50. The molecule has 2 aliphatic rings. The summed E-state index contributed by atoms with van der Waals surface area (Å²) in [6.07, 6.45) is 6.13. The number of rotatable bonds is 6. The molecule has 188 valence electrons. The average Bonchev–Trinajstić information content (AvgIpc) is 3.42. The van der Waals surface area contributed by atoms with Crippen LogP contribution in [0.25, 0.3) is 21.6 Å². The SMILES string of the molecule is CCN(C)c1nc2nc(N3CC(C)OC(c4cnn(C5CC5)c4)C3)nc(-c3ccc(Cl)cc3F)c2s1. The third-order valence-corrected chi connectivity index (χ3v) is 8.08. The fourth-order valence-corrected chi connectivity index (χ4v) is 5.66. The Bertz CT molecular complexity index is 1420. The minimum absolute atomic E-state index is 0.0414. The average molecular weight is 528 g/mol. The molecule has 4 aromatic rings. The summed E-state index contributed by atoms with van der Waals surface area (Å²) < 4.78 is 24.1. The third kappa shape index (κ3) is 4.42. The van der Waals surface area contributed by atoms with Gasteiger partial charge in [-0.3, -0.25) is 4.68 Å². The Kier molecular flexibility index (Phi) is 6.05. The summed E-state index contributed by atoms with van der Waals surface area (Å²) in [4.78, 5) is 18.7. The molecule has 1 aromatic carbocycles. The number of morpholine rings is 1. The van der Waals surface area contributed by atoms with E-state index in [1.165, 1.54) is 30.2 Å². The molecule has 4 heterocycles. The van der Waals surface area contributed by atoms with Crippen molar-refractivity contribution in [3.05, 3.63) is 47.0 Å². The minimum Gasteiger partial charge on any atom is -0.367 e. The molecule has 6 rings (SSSR count). The van der Waals surface area contributed by atoms with E-state index in [0.29, 0.717) is 47.0 Å². The van der Waals surface area contributed by atoms with Gasteiger partial charge in [0.05, 0.1) is 30.6 Å². The van der Waals surface area contributed by atoms with Crippen molar-refractivity contribution in [2.24, 2.45) is 0 Å². The quantitative estimate of drug-likeness (QED) is 0.328. The van der Waals surface area contributed by atoms with Gasteiger partial charge in [-0.15, -0.1) is 0 Å². The van der Waals surface area contributed by atoms with E-state index in [-0.39, 0.29) is 12.2 Å². The molecular weight excluding hydrogens is 501 g/mol. The molecule has 0 bridgehead atoms. The van der Waals surface area contributed by atoms with Crippen LogP contribution in [0.3, 0.4) is 0 Å². The Balaban J connectivity index is 1.41. The normalized spacial score (nSPS) is 20.3. The lowest BCUT2D eigenvalue weighted by molar-refractivity contribution is -0.0178. The number of anilines is 2. The van der Waals surface area contributed by atoms with Crippen molar-refractivity contribution in [1.82, 2.24) is 24.7 Å². The van der Waals surface area contributed by atoms with Crippen LogP contribution < -0.4 is 9.80 Å². The van der Waals surface area contributed by atoms with Crippen LogP contribution in [0, 0.1) is 5.82 Å². The smallest absolute Gasteiger partial charge is 0.228 e. The molecule has 8 nitrogen and oxygen atoms in total. The van der Waals surface area contributed by atoms with Crippen LogP contribution in [0.1, 0.15) is 44.4 Å². The van der Waals surface area contributed by atoms with Gasteiger partial charge in [-0.1, -0.05) is 22.9 Å². The van der Waals surface area contributed by atoms with Gasteiger partial charge >= 0.3 is 0 Å². The molecule has 0 amide bonds. The van der Waals surface area contributed by atoms with E-state index in [4.69, 9.17) is 31.3 Å². The summed E-state index contributed by atoms with van der Waals surface area (Å²) in [6, 6.07) is 5.18. The van der Waals surface area contributed by atoms with Crippen LogP contribution in [-0.2, 0) is 4.74 Å². The molecule has 0 radical (unpaired) electrons. The first kappa shape index (κ1) is 23.6. The van der Waals surface area contributed by atoms with Crippen LogP contribution in [0.5, 0.6) is 0 Å². The Morgan fingerprint density at radius 3 is 2.81 bits per heavy atom. The lowest BCUT2D eigenvalue weighted by atomic mass is 10.1. The van der Waals surface area contributed by atoms with Gasteiger partial charge in [-0.2, -0.15) is 15.1 Å². The van der Waals surface area contributed by atoms with Crippen molar-refractivity contribution in [2.45, 2.75) is 44.9 Å². The van der Waals surface area contributed by atoms with Crippen molar-refractivity contribution in [3.63, 3.8) is 0 Å². The number of halogens is 2. The Hall–Kier alpha value is -2.82. The van der Waals surface area contributed by atoms with Crippen LogP contribution in [0.15, 0.2) is 30.6 Å².